The van der Waals surface area contributed by atoms with Crippen LogP contribution in [0, 0.1) is 11.8 Å². The highest BCUT2D eigenvalue weighted by Gasteiger charge is 2.40. The van der Waals surface area contributed by atoms with Crippen LogP contribution < -0.4 is 22.1 Å². The number of nitrogens with zero attached hydrogens (tertiary/aromatic N) is 1. The van der Waals surface area contributed by atoms with Gasteiger partial charge in [-0.15, -0.1) is 0 Å². The van der Waals surface area contributed by atoms with Gasteiger partial charge in [0.25, 0.3) is 0 Å². The van der Waals surface area contributed by atoms with Crippen molar-refractivity contribution in [1.29, 1.82) is 0 Å². The molecule has 0 aromatic carbocycles. The Bertz CT molecular complexity index is 713. The van der Waals surface area contributed by atoms with Crippen molar-refractivity contribution in [1.82, 2.24) is 15.5 Å². The van der Waals surface area contributed by atoms with E-state index in [-0.39, 0.29) is 18.4 Å². The minimum Gasteiger partial charge on any atom is -0.480 e. The van der Waals surface area contributed by atoms with E-state index < -0.39 is 60.2 Å². The van der Waals surface area contributed by atoms with Crippen molar-refractivity contribution in [2.45, 2.75) is 84.0 Å². The number of aliphatic carboxylic acids is 1. The van der Waals surface area contributed by atoms with Crippen molar-refractivity contribution in [2.75, 3.05) is 6.54 Å². The first kappa shape index (κ1) is 27.3. The zero-order chi connectivity index (χ0) is 24.6. The fourth-order valence-corrected chi connectivity index (χ4v) is 3.73. The van der Waals surface area contributed by atoms with Crippen molar-refractivity contribution in [2.24, 2.45) is 23.3 Å². The number of hydrogen-bond acceptors (Lipinski definition) is 6. The number of rotatable bonds is 12. The molecule has 0 aliphatic carbocycles. The minimum atomic E-state index is -1.25. The number of amides is 4. The normalized spacial score (nSPS) is 19.7. The number of primary amides is 1. The summed E-state index contributed by atoms with van der Waals surface area (Å²) in [6.45, 7) is 7.57. The summed E-state index contributed by atoms with van der Waals surface area (Å²) in [5.41, 5.74) is 11.1. The standard InChI is InChI=1S/C21H37N5O6/c1-5-12(4)17(21(31)32)25-19(29)15-7-6-8-26(15)20(30)14(10-16(23)27)24-18(28)13(22)9-11(2)3/h11-15,17H,5-10,22H2,1-4H3,(H2,23,27)(H,24,28)(H,25,29)(H,31,32). The first-order chi connectivity index (χ1) is 14.9. The van der Waals surface area contributed by atoms with Crippen molar-refractivity contribution < 1.29 is 29.1 Å². The number of carboxylic acid groups (broad SMARTS) is 1. The summed E-state index contributed by atoms with van der Waals surface area (Å²) in [5.74, 6) is -3.87. The summed E-state index contributed by atoms with van der Waals surface area (Å²) in [6.07, 6.45) is 1.37. The summed E-state index contributed by atoms with van der Waals surface area (Å²) in [5, 5.41) is 14.5. The Balaban J connectivity index is 2.98. The van der Waals surface area contributed by atoms with Gasteiger partial charge in [-0.2, -0.15) is 0 Å². The summed E-state index contributed by atoms with van der Waals surface area (Å²) in [4.78, 5) is 62.8. The van der Waals surface area contributed by atoms with E-state index in [1.807, 2.05) is 20.8 Å². The van der Waals surface area contributed by atoms with Crippen molar-refractivity contribution in [3.8, 4) is 0 Å². The Morgan fingerprint density at radius 2 is 1.75 bits per heavy atom. The maximum atomic E-state index is 13.2. The molecule has 1 heterocycles. The Kier molecular flexibility index (Phi) is 10.6. The molecule has 1 aliphatic rings. The number of likely N-dealkylation sites (tertiary alicyclic amines) is 1. The molecule has 4 amide bonds. The van der Waals surface area contributed by atoms with E-state index >= 15 is 0 Å². The van der Waals surface area contributed by atoms with Gasteiger partial charge in [0.2, 0.25) is 23.6 Å². The molecule has 182 valence electrons. The summed E-state index contributed by atoms with van der Waals surface area (Å²) in [6, 6.07) is -4.09. The van der Waals surface area contributed by atoms with Crippen LogP contribution in [0.2, 0.25) is 0 Å². The van der Waals surface area contributed by atoms with E-state index in [1.165, 1.54) is 4.90 Å². The molecule has 5 unspecified atom stereocenters. The van der Waals surface area contributed by atoms with Gasteiger partial charge in [-0.3, -0.25) is 19.2 Å². The number of hydrogen-bond donors (Lipinski definition) is 5. The molecule has 1 saturated heterocycles. The monoisotopic (exact) mass is 455 g/mol. The van der Waals surface area contributed by atoms with Gasteiger partial charge in [-0.05, 0) is 31.1 Å². The molecule has 0 aromatic rings. The van der Waals surface area contributed by atoms with Crippen LogP contribution >= 0.6 is 0 Å². The van der Waals surface area contributed by atoms with Crippen LogP contribution in [0.5, 0.6) is 0 Å². The van der Waals surface area contributed by atoms with E-state index in [1.54, 1.807) is 6.92 Å². The Labute approximate surface area is 188 Å². The molecule has 0 bridgehead atoms. The number of carbonyl (C=O) groups is 5. The van der Waals surface area contributed by atoms with E-state index in [0.29, 0.717) is 25.7 Å². The van der Waals surface area contributed by atoms with Gasteiger partial charge in [0.1, 0.15) is 18.1 Å². The van der Waals surface area contributed by atoms with Crippen molar-refractivity contribution in [3.05, 3.63) is 0 Å². The smallest absolute Gasteiger partial charge is 0.326 e. The van der Waals surface area contributed by atoms with Gasteiger partial charge in [-0.25, -0.2) is 4.79 Å². The predicted molar refractivity (Wildman–Crippen MR) is 117 cm³/mol. The lowest BCUT2D eigenvalue weighted by Gasteiger charge is -2.30. The molecule has 0 saturated carbocycles. The van der Waals surface area contributed by atoms with Crippen LogP contribution in [-0.4, -0.2) is 70.3 Å². The minimum absolute atomic E-state index is 0.153. The molecule has 0 radical (unpaired) electrons. The zero-order valence-corrected chi connectivity index (χ0v) is 19.3. The maximum absolute atomic E-state index is 13.2. The second-order valence-electron chi connectivity index (χ2n) is 8.87. The van der Waals surface area contributed by atoms with Gasteiger partial charge < -0.3 is 32.1 Å². The number of nitrogens with one attached hydrogen (secondary N) is 2. The Morgan fingerprint density at radius 1 is 1.12 bits per heavy atom. The van der Waals surface area contributed by atoms with Crippen molar-refractivity contribution in [3.63, 3.8) is 0 Å². The molecule has 5 atom stereocenters. The summed E-state index contributed by atoms with van der Waals surface area (Å²) < 4.78 is 0. The largest absolute Gasteiger partial charge is 0.480 e. The van der Waals surface area contributed by atoms with Crippen LogP contribution in [0.3, 0.4) is 0 Å². The van der Waals surface area contributed by atoms with Crippen LogP contribution in [0.15, 0.2) is 0 Å². The average molecular weight is 456 g/mol. The van der Waals surface area contributed by atoms with E-state index in [4.69, 9.17) is 11.5 Å². The average Bonchev–Trinajstić information content (AvgIpc) is 3.18. The molecule has 0 aromatic heterocycles. The molecule has 7 N–H and O–H groups in total. The zero-order valence-electron chi connectivity index (χ0n) is 19.3. The van der Waals surface area contributed by atoms with Crippen molar-refractivity contribution >= 4 is 29.6 Å². The highest BCUT2D eigenvalue weighted by molar-refractivity contribution is 5.96. The first-order valence-electron chi connectivity index (χ1n) is 11.1. The molecule has 11 nitrogen and oxygen atoms in total. The second-order valence-corrected chi connectivity index (χ2v) is 8.87. The van der Waals surface area contributed by atoms with Crippen LogP contribution in [-0.2, 0) is 24.0 Å². The first-order valence-corrected chi connectivity index (χ1v) is 11.1. The highest BCUT2D eigenvalue weighted by atomic mass is 16.4. The van der Waals surface area contributed by atoms with Crippen LogP contribution in [0.1, 0.15) is 59.8 Å². The lowest BCUT2D eigenvalue weighted by Crippen LogP contribution is -2.58. The quantitative estimate of drug-likeness (QED) is 0.258. The molecule has 11 heteroatoms. The number of carbonyl (C=O) groups excluding carboxylic acids is 4. The molecule has 32 heavy (non-hydrogen) atoms. The SMILES string of the molecule is CCC(C)C(NC(=O)C1CCCN1C(=O)C(CC(N)=O)NC(=O)C(N)CC(C)C)C(=O)O. The fourth-order valence-electron chi connectivity index (χ4n) is 3.73. The third-order valence-electron chi connectivity index (χ3n) is 5.70. The molecular weight excluding hydrogens is 418 g/mol. The van der Waals surface area contributed by atoms with E-state index in [0.717, 1.165) is 0 Å². The Hall–Kier alpha value is -2.69. The van der Waals surface area contributed by atoms with Gasteiger partial charge in [0.05, 0.1) is 12.5 Å². The number of carboxylic acids is 1. The van der Waals surface area contributed by atoms with Gasteiger partial charge >= 0.3 is 5.97 Å². The predicted octanol–water partition coefficient (Wildman–Crippen LogP) is -0.673. The number of nitrogens with two attached hydrogens (primary N) is 2. The Morgan fingerprint density at radius 3 is 2.25 bits per heavy atom. The summed E-state index contributed by atoms with van der Waals surface area (Å²) >= 11 is 0. The van der Waals surface area contributed by atoms with E-state index in [2.05, 4.69) is 10.6 Å². The fraction of sp³-hybridized carbons (Fsp3) is 0.762. The lowest BCUT2D eigenvalue weighted by molar-refractivity contribution is -0.146. The molecule has 0 spiro atoms. The van der Waals surface area contributed by atoms with Crippen LogP contribution in [0.25, 0.3) is 0 Å². The van der Waals surface area contributed by atoms with Gasteiger partial charge in [0, 0.05) is 6.54 Å². The lowest BCUT2D eigenvalue weighted by atomic mass is 9.98. The molecular formula is C21H37N5O6. The van der Waals surface area contributed by atoms with E-state index in [9.17, 15) is 29.1 Å². The van der Waals surface area contributed by atoms with Crippen LogP contribution in [0.4, 0.5) is 0 Å². The third kappa shape index (κ3) is 7.77. The second kappa shape index (κ2) is 12.4. The van der Waals surface area contributed by atoms with Gasteiger partial charge in [0.15, 0.2) is 0 Å². The maximum Gasteiger partial charge on any atom is 0.326 e. The topological polar surface area (TPSA) is 185 Å². The summed E-state index contributed by atoms with van der Waals surface area (Å²) in [7, 11) is 0. The molecule has 1 rings (SSSR count). The van der Waals surface area contributed by atoms with Gasteiger partial charge in [-0.1, -0.05) is 34.1 Å². The highest BCUT2D eigenvalue weighted by Crippen LogP contribution is 2.20. The third-order valence-corrected chi connectivity index (χ3v) is 5.70. The molecule has 1 fully saturated rings. The molecule has 1 aliphatic heterocycles.